The first-order valence-corrected chi connectivity index (χ1v) is 5.51. The van der Waals surface area contributed by atoms with Crippen molar-refractivity contribution in [2.24, 2.45) is 0 Å². The van der Waals surface area contributed by atoms with Gasteiger partial charge in [0.1, 0.15) is 0 Å². The second-order valence-corrected chi connectivity index (χ2v) is 3.64. The van der Waals surface area contributed by atoms with E-state index in [2.05, 4.69) is 4.98 Å². The van der Waals surface area contributed by atoms with Crippen LogP contribution in [0.4, 0.5) is 0 Å². The number of pyridine rings is 1. The van der Waals surface area contributed by atoms with Crippen LogP contribution in [-0.2, 0) is 16.0 Å². The first-order valence-electron chi connectivity index (χ1n) is 5.51. The number of aromatic hydroxyl groups is 1. The molecule has 0 saturated carbocycles. The predicted molar refractivity (Wildman–Crippen MR) is 62.5 cm³/mol. The van der Waals surface area contributed by atoms with Crippen LogP contribution in [0.15, 0.2) is 12.1 Å². The van der Waals surface area contributed by atoms with Crippen LogP contribution in [0.2, 0.25) is 0 Å². The minimum Gasteiger partial charge on any atom is -0.548 e. The Hall–Kier alpha value is -2.11. The fourth-order valence-electron chi connectivity index (χ4n) is 1.11. The van der Waals surface area contributed by atoms with Crippen molar-refractivity contribution < 1.29 is 24.8 Å². The van der Waals surface area contributed by atoms with E-state index in [1.165, 1.54) is 6.92 Å². The van der Waals surface area contributed by atoms with Gasteiger partial charge in [0.05, 0.1) is 12.5 Å². The number of aryl methyl sites for hydroxylation is 2. The zero-order valence-corrected chi connectivity index (χ0v) is 10.7. The lowest BCUT2D eigenvalue weighted by atomic mass is 10.2. The van der Waals surface area contributed by atoms with Gasteiger partial charge in [-0.3, -0.25) is 4.79 Å². The SMILES string of the molecule is CC(=O)NCC(=O)[O-].CCc1[nH+]c(C)ccc1O. The van der Waals surface area contributed by atoms with Crippen molar-refractivity contribution in [1.29, 1.82) is 0 Å². The molecule has 0 radical (unpaired) electrons. The van der Waals surface area contributed by atoms with Crippen molar-refractivity contribution in [2.75, 3.05) is 6.54 Å². The van der Waals surface area contributed by atoms with Crippen LogP contribution in [0.25, 0.3) is 0 Å². The van der Waals surface area contributed by atoms with Crippen LogP contribution in [-0.4, -0.2) is 23.5 Å². The number of carbonyl (C=O) groups is 2. The van der Waals surface area contributed by atoms with Crippen molar-refractivity contribution in [2.45, 2.75) is 27.2 Å². The third-order valence-electron chi connectivity index (χ3n) is 1.98. The van der Waals surface area contributed by atoms with Gasteiger partial charge in [0, 0.05) is 26.3 Å². The summed E-state index contributed by atoms with van der Waals surface area (Å²) in [6.45, 7) is 4.81. The molecule has 6 heteroatoms. The van der Waals surface area contributed by atoms with E-state index in [4.69, 9.17) is 0 Å². The molecule has 0 spiro atoms. The first kappa shape index (κ1) is 15.9. The van der Waals surface area contributed by atoms with E-state index in [1.807, 2.05) is 25.2 Å². The number of amides is 1. The van der Waals surface area contributed by atoms with Crippen LogP contribution in [0.1, 0.15) is 25.2 Å². The summed E-state index contributed by atoms with van der Waals surface area (Å²) in [7, 11) is 0. The van der Waals surface area contributed by atoms with Crippen molar-refractivity contribution >= 4 is 11.9 Å². The van der Waals surface area contributed by atoms with E-state index < -0.39 is 12.5 Å². The molecule has 1 rings (SSSR count). The molecular weight excluding hydrogens is 236 g/mol. The Bertz CT molecular complexity index is 405. The molecule has 0 bridgehead atoms. The molecule has 0 saturated heterocycles. The van der Waals surface area contributed by atoms with Gasteiger partial charge in [0.2, 0.25) is 11.6 Å². The maximum atomic E-state index is 9.95. The molecule has 0 unspecified atom stereocenters. The van der Waals surface area contributed by atoms with Crippen molar-refractivity contribution in [3.63, 3.8) is 0 Å². The third-order valence-corrected chi connectivity index (χ3v) is 1.98. The zero-order chi connectivity index (χ0) is 14.1. The van der Waals surface area contributed by atoms with E-state index in [-0.39, 0.29) is 5.91 Å². The number of nitrogens with one attached hydrogen (secondary N) is 2. The summed E-state index contributed by atoms with van der Waals surface area (Å²) in [6.07, 6.45) is 0.841. The van der Waals surface area contributed by atoms with Crippen molar-refractivity contribution in [3.8, 4) is 5.75 Å². The summed E-state index contributed by atoms with van der Waals surface area (Å²) in [5.74, 6) is -1.29. The van der Waals surface area contributed by atoms with Gasteiger partial charge >= 0.3 is 0 Å². The summed E-state index contributed by atoms with van der Waals surface area (Å²) in [5, 5.41) is 20.8. The number of aromatic nitrogens is 1. The lowest BCUT2D eigenvalue weighted by molar-refractivity contribution is -0.400. The van der Waals surface area contributed by atoms with E-state index in [0.717, 1.165) is 17.8 Å². The minimum absolute atomic E-state index is 0.355. The first-order chi connectivity index (χ1) is 8.36. The summed E-state index contributed by atoms with van der Waals surface area (Å²) in [5.41, 5.74) is 1.98. The van der Waals surface area contributed by atoms with Crippen LogP contribution in [0.3, 0.4) is 0 Å². The molecule has 1 aromatic heterocycles. The van der Waals surface area contributed by atoms with Gasteiger partial charge < -0.3 is 20.3 Å². The number of rotatable bonds is 3. The molecule has 6 nitrogen and oxygen atoms in total. The quantitative estimate of drug-likeness (QED) is 0.718. The normalized spacial score (nSPS) is 9.06. The highest BCUT2D eigenvalue weighted by atomic mass is 16.4. The Balaban J connectivity index is 0.000000331. The lowest BCUT2D eigenvalue weighted by Crippen LogP contribution is -2.36. The third kappa shape index (κ3) is 7.21. The number of hydrogen-bond donors (Lipinski definition) is 2. The van der Waals surface area contributed by atoms with Crippen LogP contribution < -0.4 is 15.4 Å². The standard InChI is InChI=1S/C8H11NO.C4H7NO3/c1-3-7-8(10)5-4-6(2)9-7;1-3(6)5-2-4(7)8/h4-5,10H,3H2,1-2H3;2H2,1H3,(H,5,6)(H,7,8). The molecule has 100 valence electrons. The molecule has 0 aliphatic rings. The van der Waals surface area contributed by atoms with Gasteiger partial charge in [-0.15, -0.1) is 0 Å². The molecule has 0 aliphatic carbocycles. The largest absolute Gasteiger partial charge is 0.548 e. The maximum Gasteiger partial charge on any atom is 0.221 e. The zero-order valence-electron chi connectivity index (χ0n) is 10.7. The van der Waals surface area contributed by atoms with Gasteiger partial charge in [-0.05, 0) is 6.07 Å². The number of hydrogen-bond acceptors (Lipinski definition) is 4. The molecule has 3 N–H and O–H groups in total. The van der Waals surface area contributed by atoms with Crippen LogP contribution >= 0.6 is 0 Å². The van der Waals surface area contributed by atoms with E-state index in [0.29, 0.717) is 5.75 Å². The van der Waals surface area contributed by atoms with E-state index in [1.54, 1.807) is 6.07 Å². The lowest BCUT2D eigenvalue weighted by Gasteiger charge is -1.99. The summed E-state index contributed by atoms with van der Waals surface area (Å²) in [6, 6.07) is 3.57. The molecule has 0 fully saturated rings. The van der Waals surface area contributed by atoms with Gasteiger partial charge in [-0.1, -0.05) is 6.92 Å². The number of carboxylic acids is 1. The highest BCUT2D eigenvalue weighted by Crippen LogP contribution is 2.10. The minimum atomic E-state index is -1.28. The number of H-pyrrole nitrogens is 1. The number of aliphatic carboxylic acids is 1. The Morgan fingerprint density at radius 1 is 1.44 bits per heavy atom. The Kier molecular flexibility index (Phi) is 7.11. The summed E-state index contributed by atoms with van der Waals surface area (Å²) in [4.78, 5) is 22.6. The molecule has 0 aliphatic heterocycles. The molecule has 1 aromatic rings. The number of carbonyl (C=O) groups excluding carboxylic acids is 2. The van der Waals surface area contributed by atoms with Crippen molar-refractivity contribution in [1.82, 2.24) is 5.32 Å². The van der Waals surface area contributed by atoms with E-state index in [9.17, 15) is 19.8 Å². The van der Waals surface area contributed by atoms with Gasteiger partial charge in [0.25, 0.3) is 0 Å². The Morgan fingerprint density at radius 2 is 2.06 bits per heavy atom. The summed E-state index contributed by atoms with van der Waals surface area (Å²) < 4.78 is 0. The molecule has 18 heavy (non-hydrogen) atoms. The van der Waals surface area contributed by atoms with Gasteiger partial charge in [-0.25, -0.2) is 4.98 Å². The monoisotopic (exact) mass is 254 g/mol. The fourth-order valence-corrected chi connectivity index (χ4v) is 1.11. The highest BCUT2D eigenvalue weighted by molar-refractivity contribution is 5.78. The van der Waals surface area contributed by atoms with Gasteiger partial charge in [-0.2, -0.15) is 0 Å². The Labute approximate surface area is 106 Å². The smallest absolute Gasteiger partial charge is 0.221 e. The van der Waals surface area contributed by atoms with Crippen LogP contribution in [0, 0.1) is 6.92 Å². The van der Waals surface area contributed by atoms with Crippen LogP contribution in [0.5, 0.6) is 5.75 Å². The Morgan fingerprint density at radius 3 is 2.39 bits per heavy atom. The second-order valence-electron chi connectivity index (χ2n) is 3.64. The topological polar surface area (TPSA) is 104 Å². The highest BCUT2D eigenvalue weighted by Gasteiger charge is 2.05. The van der Waals surface area contributed by atoms with E-state index >= 15 is 0 Å². The molecule has 0 aromatic carbocycles. The predicted octanol–water partition coefficient (Wildman–Crippen LogP) is -1.05. The van der Waals surface area contributed by atoms with Gasteiger partial charge in [0.15, 0.2) is 11.4 Å². The summed E-state index contributed by atoms with van der Waals surface area (Å²) >= 11 is 0. The maximum absolute atomic E-state index is 9.95. The van der Waals surface area contributed by atoms with Crippen molar-refractivity contribution in [3.05, 3.63) is 23.5 Å². The number of carboxylic acid groups (broad SMARTS) is 1. The molecule has 1 heterocycles. The average Bonchev–Trinajstić information content (AvgIpc) is 2.30. The fraction of sp³-hybridized carbons (Fsp3) is 0.417. The second kappa shape index (κ2) is 8.05. The molecule has 0 atom stereocenters. The molecular formula is C12H18N2O4. The molecule has 1 amide bonds. The average molecular weight is 254 g/mol. The number of aromatic amines is 1.